The Labute approximate surface area is 117 Å². The van der Waals surface area contributed by atoms with E-state index in [1.54, 1.807) is 0 Å². The fourth-order valence-electron chi connectivity index (χ4n) is 3.59. The summed E-state index contributed by atoms with van der Waals surface area (Å²) in [6.07, 6.45) is 7.25. The second kappa shape index (κ2) is 6.26. The molecule has 1 saturated carbocycles. The molecule has 1 saturated heterocycles. The van der Waals surface area contributed by atoms with Crippen molar-refractivity contribution in [1.82, 2.24) is 4.90 Å². The van der Waals surface area contributed by atoms with Crippen molar-refractivity contribution >= 4 is 0 Å². The molecular weight excluding hydrogens is 230 g/mol. The van der Waals surface area contributed by atoms with Gasteiger partial charge in [-0.25, -0.2) is 0 Å². The third-order valence-electron chi connectivity index (χ3n) is 4.68. The molecule has 19 heavy (non-hydrogen) atoms. The topological polar surface area (TPSA) is 3.24 Å². The van der Waals surface area contributed by atoms with E-state index in [4.69, 9.17) is 0 Å². The van der Waals surface area contributed by atoms with E-state index in [2.05, 4.69) is 41.0 Å². The average molecular weight is 253 g/mol. The van der Waals surface area contributed by atoms with Gasteiger partial charge in [-0.2, -0.15) is 0 Å². The highest BCUT2D eigenvalue weighted by molar-refractivity contribution is 5.33. The number of likely N-dealkylation sites (tertiary alicyclic amines) is 1. The predicted molar refractivity (Wildman–Crippen MR) is 79.8 cm³/mol. The number of hydrogen-bond donors (Lipinski definition) is 0. The standard InChI is InChI=1S/C18H23N/c1-2-7-16(8-3-1)9-6-13-19-14-12-17-10-4-5-11-18(17)15-19/h1-3,7-8,17-18H,4-5,10-15H2/t17-,18+/m0/s1. The molecule has 3 rings (SSSR count). The highest BCUT2D eigenvalue weighted by atomic mass is 15.1. The second-order valence-corrected chi connectivity index (χ2v) is 6.00. The molecule has 1 aliphatic carbocycles. The van der Waals surface area contributed by atoms with Crippen molar-refractivity contribution in [3.63, 3.8) is 0 Å². The van der Waals surface area contributed by atoms with Crippen LogP contribution in [0, 0.1) is 23.7 Å². The lowest BCUT2D eigenvalue weighted by atomic mass is 9.75. The van der Waals surface area contributed by atoms with Crippen LogP contribution in [0.2, 0.25) is 0 Å². The molecule has 100 valence electrons. The quantitative estimate of drug-likeness (QED) is 0.692. The summed E-state index contributed by atoms with van der Waals surface area (Å²) >= 11 is 0. The van der Waals surface area contributed by atoms with Crippen LogP contribution in [0.4, 0.5) is 0 Å². The van der Waals surface area contributed by atoms with E-state index in [0.29, 0.717) is 0 Å². The van der Waals surface area contributed by atoms with Crippen molar-refractivity contribution in [1.29, 1.82) is 0 Å². The van der Waals surface area contributed by atoms with Crippen molar-refractivity contribution in [3.8, 4) is 11.8 Å². The van der Waals surface area contributed by atoms with Crippen LogP contribution in [0.25, 0.3) is 0 Å². The lowest BCUT2D eigenvalue weighted by Crippen LogP contribution is -2.41. The Balaban J connectivity index is 1.53. The van der Waals surface area contributed by atoms with Crippen LogP contribution >= 0.6 is 0 Å². The zero-order valence-electron chi connectivity index (χ0n) is 11.6. The van der Waals surface area contributed by atoms with E-state index in [1.165, 1.54) is 45.2 Å². The SMILES string of the molecule is C(#Cc1ccccc1)CN1CC[C@@H]2CCCC[C@@H]2C1. The summed E-state index contributed by atoms with van der Waals surface area (Å²) < 4.78 is 0. The van der Waals surface area contributed by atoms with Gasteiger partial charge in [0.25, 0.3) is 0 Å². The molecule has 1 nitrogen and oxygen atoms in total. The van der Waals surface area contributed by atoms with Gasteiger partial charge in [-0.05, 0) is 43.4 Å². The Morgan fingerprint density at radius 3 is 2.63 bits per heavy atom. The summed E-state index contributed by atoms with van der Waals surface area (Å²) in [5, 5.41) is 0. The molecule has 0 radical (unpaired) electrons. The first-order valence-corrected chi connectivity index (χ1v) is 7.68. The maximum absolute atomic E-state index is 3.34. The van der Waals surface area contributed by atoms with Gasteiger partial charge in [-0.3, -0.25) is 4.90 Å². The molecule has 0 unspecified atom stereocenters. The zero-order valence-corrected chi connectivity index (χ0v) is 11.6. The zero-order chi connectivity index (χ0) is 12.9. The van der Waals surface area contributed by atoms with Crippen molar-refractivity contribution in [2.75, 3.05) is 19.6 Å². The predicted octanol–water partition coefficient (Wildman–Crippen LogP) is 3.55. The maximum Gasteiger partial charge on any atom is 0.0605 e. The number of benzene rings is 1. The van der Waals surface area contributed by atoms with E-state index < -0.39 is 0 Å². The summed E-state index contributed by atoms with van der Waals surface area (Å²) in [6.45, 7) is 3.48. The molecule has 1 aliphatic heterocycles. The summed E-state index contributed by atoms with van der Waals surface area (Å²) in [6, 6.07) is 10.3. The summed E-state index contributed by atoms with van der Waals surface area (Å²) in [7, 11) is 0. The van der Waals surface area contributed by atoms with Crippen molar-refractivity contribution in [2.45, 2.75) is 32.1 Å². The largest absolute Gasteiger partial charge is 0.292 e. The number of nitrogens with zero attached hydrogens (tertiary/aromatic N) is 1. The summed E-state index contributed by atoms with van der Waals surface area (Å²) in [5.41, 5.74) is 1.13. The smallest absolute Gasteiger partial charge is 0.0605 e. The first-order chi connectivity index (χ1) is 9.42. The van der Waals surface area contributed by atoms with E-state index in [-0.39, 0.29) is 0 Å². The molecule has 1 aromatic rings. The first-order valence-electron chi connectivity index (χ1n) is 7.68. The van der Waals surface area contributed by atoms with E-state index >= 15 is 0 Å². The van der Waals surface area contributed by atoms with Crippen LogP contribution in [0.1, 0.15) is 37.7 Å². The monoisotopic (exact) mass is 253 g/mol. The molecule has 1 heteroatoms. The Morgan fingerprint density at radius 2 is 1.79 bits per heavy atom. The first kappa shape index (κ1) is 12.8. The second-order valence-electron chi connectivity index (χ2n) is 6.00. The van der Waals surface area contributed by atoms with Crippen LogP contribution in [-0.4, -0.2) is 24.5 Å². The van der Waals surface area contributed by atoms with Gasteiger partial charge in [0.1, 0.15) is 0 Å². The lowest BCUT2D eigenvalue weighted by Gasteiger charge is -2.40. The number of hydrogen-bond acceptors (Lipinski definition) is 1. The minimum Gasteiger partial charge on any atom is -0.292 e. The fraction of sp³-hybridized carbons (Fsp3) is 0.556. The van der Waals surface area contributed by atoms with Gasteiger partial charge in [-0.1, -0.05) is 49.3 Å². The maximum atomic E-state index is 3.34. The molecule has 1 heterocycles. The highest BCUT2D eigenvalue weighted by Crippen LogP contribution is 2.35. The summed E-state index contributed by atoms with van der Waals surface area (Å²) in [4.78, 5) is 2.56. The van der Waals surface area contributed by atoms with Crippen LogP contribution in [0.3, 0.4) is 0 Å². The molecule has 2 aliphatic rings. The molecule has 0 amide bonds. The molecule has 0 aromatic heterocycles. The Bertz CT molecular complexity index is 454. The van der Waals surface area contributed by atoms with Gasteiger partial charge in [0.05, 0.1) is 6.54 Å². The average Bonchev–Trinajstić information content (AvgIpc) is 2.48. The van der Waals surface area contributed by atoms with Crippen molar-refractivity contribution in [3.05, 3.63) is 35.9 Å². The molecule has 0 N–H and O–H groups in total. The van der Waals surface area contributed by atoms with Crippen LogP contribution in [-0.2, 0) is 0 Å². The van der Waals surface area contributed by atoms with Crippen molar-refractivity contribution in [2.24, 2.45) is 11.8 Å². The molecule has 0 spiro atoms. The third-order valence-corrected chi connectivity index (χ3v) is 4.68. The normalized spacial score (nSPS) is 27.2. The molecule has 2 fully saturated rings. The Morgan fingerprint density at radius 1 is 1.00 bits per heavy atom. The van der Waals surface area contributed by atoms with E-state index in [9.17, 15) is 0 Å². The highest BCUT2D eigenvalue weighted by Gasteiger charge is 2.30. The summed E-state index contributed by atoms with van der Waals surface area (Å²) in [5.74, 6) is 8.59. The van der Waals surface area contributed by atoms with Crippen LogP contribution in [0.15, 0.2) is 30.3 Å². The van der Waals surface area contributed by atoms with Gasteiger partial charge in [0.2, 0.25) is 0 Å². The molecular formula is C18H23N. The minimum atomic E-state index is 0.943. The number of rotatable bonds is 1. The Kier molecular flexibility index (Phi) is 4.20. The van der Waals surface area contributed by atoms with Gasteiger partial charge in [0, 0.05) is 12.1 Å². The lowest BCUT2D eigenvalue weighted by molar-refractivity contribution is 0.0965. The van der Waals surface area contributed by atoms with Crippen LogP contribution in [0.5, 0.6) is 0 Å². The Hall–Kier alpha value is -1.26. The minimum absolute atomic E-state index is 0.943. The number of fused-ring (bicyclic) bond motifs is 1. The molecule has 2 atom stereocenters. The molecule has 1 aromatic carbocycles. The van der Waals surface area contributed by atoms with E-state index in [1.807, 2.05) is 6.07 Å². The third kappa shape index (κ3) is 3.39. The molecule has 0 bridgehead atoms. The van der Waals surface area contributed by atoms with Crippen LogP contribution < -0.4 is 0 Å². The van der Waals surface area contributed by atoms with Gasteiger partial charge < -0.3 is 0 Å². The van der Waals surface area contributed by atoms with Crippen molar-refractivity contribution < 1.29 is 0 Å². The number of piperidine rings is 1. The van der Waals surface area contributed by atoms with Gasteiger partial charge in [0.15, 0.2) is 0 Å². The fourth-order valence-corrected chi connectivity index (χ4v) is 3.59. The van der Waals surface area contributed by atoms with E-state index in [0.717, 1.165) is 23.9 Å². The van der Waals surface area contributed by atoms with Gasteiger partial charge >= 0.3 is 0 Å². The van der Waals surface area contributed by atoms with Gasteiger partial charge in [-0.15, -0.1) is 0 Å².